The van der Waals surface area contributed by atoms with Gasteiger partial charge in [-0.1, -0.05) is 12.1 Å². The average Bonchev–Trinajstić information content (AvgIpc) is 2.55. The zero-order chi connectivity index (χ0) is 16.7. The first kappa shape index (κ1) is 17.3. The van der Waals surface area contributed by atoms with E-state index in [0.717, 1.165) is 28.8 Å². The predicted octanol–water partition coefficient (Wildman–Crippen LogP) is 4.31. The van der Waals surface area contributed by atoms with Crippen LogP contribution in [0.5, 0.6) is 0 Å². The molecule has 23 heavy (non-hydrogen) atoms. The molecule has 1 N–H and O–H groups in total. The normalized spacial score (nSPS) is 10.1. The number of nitrogens with one attached hydrogen (secondary N) is 1. The fourth-order valence-corrected chi connectivity index (χ4v) is 3.10. The summed E-state index contributed by atoms with van der Waals surface area (Å²) in [6, 6.07) is 12.7. The van der Waals surface area contributed by atoms with Crippen molar-refractivity contribution in [2.45, 2.75) is 9.79 Å². The van der Waals surface area contributed by atoms with Crippen molar-refractivity contribution in [2.24, 2.45) is 0 Å². The number of hydrogen-bond donors (Lipinski definition) is 1. The van der Waals surface area contributed by atoms with E-state index in [-0.39, 0.29) is 17.4 Å². The highest BCUT2D eigenvalue weighted by molar-refractivity contribution is 8.00. The molecule has 1 amide bonds. The van der Waals surface area contributed by atoms with Gasteiger partial charge in [0.05, 0.1) is 23.3 Å². The van der Waals surface area contributed by atoms with Crippen molar-refractivity contribution in [3.63, 3.8) is 0 Å². The molecular weight excluding hydrogens is 338 g/mol. The lowest BCUT2D eigenvalue weighted by Crippen LogP contribution is -2.14. The van der Waals surface area contributed by atoms with Gasteiger partial charge in [-0.25, -0.2) is 8.78 Å². The Kier molecular flexibility index (Phi) is 6.44. The maximum Gasteiger partial charge on any atom is 0.234 e. The summed E-state index contributed by atoms with van der Waals surface area (Å²) in [5.74, 6) is -1.75. The Hall–Kier alpha value is -2.04. The van der Waals surface area contributed by atoms with Gasteiger partial charge in [-0.3, -0.25) is 4.79 Å². The third-order valence-corrected chi connectivity index (χ3v) is 4.65. The predicted molar refractivity (Wildman–Crippen MR) is 88.5 cm³/mol. The number of amides is 1. The van der Waals surface area contributed by atoms with Crippen molar-refractivity contribution in [1.29, 1.82) is 5.26 Å². The molecular formula is C16H12F2N2OS2. The summed E-state index contributed by atoms with van der Waals surface area (Å²) in [7, 11) is 0. The Labute approximate surface area is 141 Å². The molecule has 0 aliphatic carbocycles. The smallest absolute Gasteiger partial charge is 0.234 e. The van der Waals surface area contributed by atoms with E-state index in [1.807, 2.05) is 18.2 Å². The molecule has 3 nitrogen and oxygen atoms in total. The lowest BCUT2D eigenvalue weighted by atomic mass is 10.3. The van der Waals surface area contributed by atoms with Gasteiger partial charge >= 0.3 is 0 Å². The van der Waals surface area contributed by atoms with Gasteiger partial charge in [-0.15, -0.1) is 23.5 Å². The molecule has 2 aromatic rings. The molecule has 0 fully saturated rings. The van der Waals surface area contributed by atoms with Crippen molar-refractivity contribution in [3.8, 4) is 6.07 Å². The highest BCUT2D eigenvalue weighted by atomic mass is 32.2. The molecule has 0 heterocycles. The molecule has 0 atom stereocenters. The molecule has 0 aliphatic heterocycles. The van der Waals surface area contributed by atoms with Gasteiger partial charge in [-0.05, 0) is 30.3 Å². The summed E-state index contributed by atoms with van der Waals surface area (Å²) >= 11 is 2.45. The highest BCUT2D eigenvalue weighted by Crippen LogP contribution is 2.27. The number of halogens is 2. The number of para-hydroxylation sites is 1. The maximum atomic E-state index is 13.1. The van der Waals surface area contributed by atoms with Crippen LogP contribution in [0.15, 0.2) is 52.3 Å². The van der Waals surface area contributed by atoms with Gasteiger partial charge in [0, 0.05) is 9.79 Å². The number of anilines is 1. The molecule has 118 valence electrons. The zero-order valence-corrected chi connectivity index (χ0v) is 13.5. The zero-order valence-electron chi connectivity index (χ0n) is 11.9. The Balaban J connectivity index is 1.94. The largest absolute Gasteiger partial charge is 0.324 e. The van der Waals surface area contributed by atoms with Crippen LogP contribution in [-0.4, -0.2) is 17.4 Å². The first-order chi connectivity index (χ1) is 11.1. The maximum absolute atomic E-state index is 13.1. The van der Waals surface area contributed by atoms with Crippen LogP contribution in [-0.2, 0) is 4.79 Å². The minimum atomic E-state index is -0.936. The van der Waals surface area contributed by atoms with Crippen LogP contribution in [0.2, 0.25) is 0 Å². The second-order valence-electron chi connectivity index (χ2n) is 4.36. The lowest BCUT2D eigenvalue weighted by Gasteiger charge is -2.09. The molecule has 0 saturated heterocycles. The lowest BCUT2D eigenvalue weighted by molar-refractivity contribution is -0.113. The Bertz CT molecular complexity index is 747. The van der Waals surface area contributed by atoms with Gasteiger partial charge in [0.2, 0.25) is 5.91 Å². The number of benzene rings is 2. The van der Waals surface area contributed by atoms with Gasteiger partial charge in [0.25, 0.3) is 0 Å². The summed E-state index contributed by atoms with van der Waals surface area (Å²) in [6.07, 6.45) is 0. The molecule has 0 radical (unpaired) electrons. The molecule has 0 unspecified atom stereocenters. The van der Waals surface area contributed by atoms with Gasteiger partial charge in [0.15, 0.2) is 11.6 Å². The van der Waals surface area contributed by atoms with E-state index < -0.39 is 11.6 Å². The second kappa shape index (κ2) is 8.56. The molecule has 2 rings (SSSR count). The fraction of sp³-hybridized carbons (Fsp3) is 0.125. The number of rotatable bonds is 6. The van der Waals surface area contributed by atoms with E-state index in [1.165, 1.54) is 17.8 Å². The SMILES string of the molecule is N#CCSc1ccccc1NC(=O)CSc1ccc(F)c(F)c1. The standard InChI is InChI=1S/C16H12F2N2OS2/c17-12-6-5-11(9-13(12)18)23-10-16(21)20-14-3-1-2-4-15(14)22-8-7-19/h1-6,9H,8,10H2,(H,20,21). The van der Waals surface area contributed by atoms with Crippen LogP contribution < -0.4 is 5.32 Å². The molecule has 0 saturated carbocycles. The first-order valence-corrected chi connectivity index (χ1v) is 8.53. The van der Waals surface area contributed by atoms with E-state index >= 15 is 0 Å². The number of carbonyl (C=O) groups excluding carboxylic acids is 1. The number of nitriles is 1. The quantitative estimate of drug-likeness (QED) is 0.789. The number of carbonyl (C=O) groups is 1. The molecule has 7 heteroatoms. The number of nitrogens with zero attached hydrogens (tertiary/aromatic N) is 1. The molecule has 0 aliphatic rings. The average molecular weight is 350 g/mol. The third-order valence-electron chi connectivity index (χ3n) is 2.71. The van der Waals surface area contributed by atoms with Gasteiger partial charge in [-0.2, -0.15) is 5.26 Å². The fourth-order valence-electron chi connectivity index (χ4n) is 1.71. The highest BCUT2D eigenvalue weighted by Gasteiger charge is 2.09. The summed E-state index contributed by atoms with van der Waals surface area (Å²) in [6.45, 7) is 0. The van der Waals surface area contributed by atoms with Crippen molar-refractivity contribution in [3.05, 3.63) is 54.1 Å². The Morgan fingerprint density at radius 3 is 2.65 bits per heavy atom. The van der Waals surface area contributed by atoms with E-state index in [1.54, 1.807) is 12.1 Å². The van der Waals surface area contributed by atoms with Crippen molar-refractivity contribution in [1.82, 2.24) is 0 Å². The molecule has 2 aromatic carbocycles. The summed E-state index contributed by atoms with van der Waals surface area (Å²) in [5.41, 5.74) is 0.628. The molecule has 0 bridgehead atoms. The third kappa shape index (κ3) is 5.27. The summed E-state index contributed by atoms with van der Waals surface area (Å²) in [5, 5.41) is 11.4. The van der Waals surface area contributed by atoms with E-state index in [9.17, 15) is 13.6 Å². The monoisotopic (exact) mass is 350 g/mol. The van der Waals surface area contributed by atoms with E-state index in [0.29, 0.717) is 10.6 Å². The molecule has 0 spiro atoms. The summed E-state index contributed by atoms with van der Waals surface area (Å²) < 4.78 is 25.9. The number of thioether (sulfide) groups is 2. The van der Waals surface area contributed by atoms with E-state index in [4.69, 9.17) is 5.26 Å². The second-order valence-corrected chi connectivity index (χ2v) is 6.42. The minimum absolute atomic E-state index is 0.0717. The molecule has 0 aromatic heterocycles. The van der Waals surface area contributed by atoms with Gasteiger partial charge in [0.1, 0.15) is 0 Å². The van der Waals surface area contributed by atoms with Crippen molar-refractivity contribution in [2.75, 3.05) is 16.8 Å². The first-order valence-electron chi connectivity index (χ1n) is 6.56. The van der Waals surface area contributed by atoms with Crippen LogP contribution in [0.4, 0.5) is 14.5 Å². The topological polar surface area (TPSA) is 52.9 Å². The van der Waals surface area contributed by atoms with Crippen LogP contribution in [0, 0.1) is 23.0 Å². The Morgan fingerprint density at radius 1 is 1.13 bits per heavy atom. The van der Waals surface area contributed by atoms with Crippen molar-refractivity contribution < 1.29 is 13.6 Å². The van der Waals surface area contributed by atoms with Crippen molar-refractivity contribution >= 4 is 35.1 Å². The van der Waals surface area contributed by atoms with Gasteiger partial charge < -0.3 is 5.32 Å². The van der Waals surface area contributed by atoms with E-state index in [2.05, 4.69) is 5.32 Å². The van der Waals surface area contributed by atoms with Crippen LogP contribution >= 0.6 is 23.5 Å². The van der Waals surface area contributed by atoms with Crippen LogP contribution in [0.1, 0.15) is 0 Å². The van der Waals surface area contributed by atoms with Crippen LogP contribution in [0.3, 0.4) is 0 Å². The number of hydrogen-bond acceptors (Lipinski definition) is 4. The van der Waals surface area contributed by atoms with Crippen LogP contribution in [0.25, 0.3) is 0 Å². The minimum Gasteiger partial charge on any atom is -0.324 e. The Morgan fingerprint density at radius 2 is 1.91 bits per heavy atom. The summed E-state index contributed by atoms with van der Waals surface area (Å²) in [4.78, 5) is 13.3.